The highest BCUT2D eigenvalue weighted by molar-refractivity contribution is 6.09. The molecule has 1 aromatic rings. The van der Waals surface area contributed by atoms with Crippen molar-refractivity contribution in [2.24, 2.45) is 0 Å². The third-order valence-corrected chi connectivity index (χ3v) is 5.64. The van der Waals surface area contributed by atoms with Crippen LogP contribution in [-0.4, -0.2) is 51.2 Å². The van der Waals surface area contributed by atoms with Crippen molar-refractivity contribution in [1.29, 1.82) is 0 Å². The summed E-state index contributed by atoms with van der Waals surface area (Å²) in [6.07, 6.45) is 4.25. The summed E-state index contributed by atoms with van der Waals surface area (Å²) < 4.78 is 1.86. The zero-order chi connectivity index (χ0) is 18.9. The predicted molar refractivity (Wildman–Crippen MR) is 95.5 cm³/mol. The van der Waals surface area contributed by atoms with Crippen molar-refractivity contribution in [1.82, 2.24) is 25.3 Å². The van der Waals surface area contributed by atoms with Crippen LogP contribution < -0.4 is 10.6 Å². The van der Waals surface area contributed by atoms with Gasteiger partial charge in [-0.15, -0.1) is 0 Å². The molecule has 0 unspecified atom stereocenters. The van der Waals surface area contributed by atoms with Gasteiger partial charge in [0.1, 0.15) is 12.1 Å². The molecule has 2 N–H and O–H groups in total. The van der Waals surface area contributed by atoms with E-state index in [0.29, 0.717) is 25.9 Å². The summed E-state index contributed by atoms with van der Waals surface area (Å²) >= 11 is 0. The first-order chi connectivity index (χ1) is 12.3. The molecule has 8 heteroatoms. The summed E-state index contributed by atoms with van der Waals surface area (Å²) in [7, 11) is 0. The quantitative estimate of drug-likeness (QED) is 0.770. The number of nitrogens with zero attached hydrogens (tertiary/aromatic N) is 3. The number of rotatable bonds is 5. The molecule has 1 aromatic heterocycles. The zero-order valence-corrected chi connectivity index (χ0v) is 15.7. The maximum atomic E-state index is 12.7. The lowest BCUT2D eigenvalue weighted by atomic mass is 9.82. The van der Waals surface area contributed by atoms with Crippen molar-refractivity contribution >= 4 is 17.8 Å². The molecule has 142 valence electrons. The highest BCUT2D eigenvalue weighted by Gasteiger charge is 2.51. The zero-order valence-electron chi connectivity index (χ0n) is 15.7. The third-order valence-electron chi connectivity index (χ3n) is 5.64. The fourth-order valence-corrected chi connectivity index (χ4v) is 3.82. The Hall–Kier alpha value is -2.38. The Labute approximate surface area is 153 Å². The number of hydrogen-bond acceptors (Lipinski definition) is 4. The first-order valence-corrected chi connectivity index (χ1v) is 9.25. The van der Waals surface area contributed by atoms with Gasteiger partial charge in [0.15, 0.2) is 0 Å². The second-order valence-electron chi connectivity index (χ2n) is 7.33. The molecule has 2 fully saturated rings. The van der Waals surface area contributed by atoms with E-state index in [1.807, 2.05) is 25.5 Å². The molecule has 1 aliphatic heterocycles. The van der Waals surface area contributed by atoms with Crippen molar-refractivity contribution in [3.8, 4) is 0 Å². The van der Waals surface area contributed by atoms with Gasteiger partial charge >= 0.3 is 6.03 Å². The molecule has 1 saturated carbocycles. The molecule has 0 aromatic carbocycles. The van der Waals surface area contributed by atoms with E-state index in [2.05, 4.69) is 15.7 Å². The van der Waals surface area contributed by atoms with Crippen molar-refractivity contribution < 1.29 is 14.4 Å². The van der Waals surface area contributed by atoms with Gasteiger partial charge in [0.2, 0.25) is 5.91 Å². The van der Waals surface area contributed by atoms with Crippen LogP contribution in [-0.2, 0) is 16.1 Å². The second kappa shape index (κ2) is 7.09. The summed E-state index contributed by atoms with van der Waals surface area (Å²) in [4.78, 5) is 38.1. The van der Waals surface area contributed by atoms with Crippen LogP contribution in [0.2, 0.25) is 0 Å². The Morgan fingerprint density at radius 1 is 1.19 bits per heavy atom. The molecule has 1 spiro atoms. The van der Waals surface area contributed by atoms with Crippen LogP contribution in [0.15, 0.2) is 0 Å². The first-order valence-electron chi connectivity index (χ1n) is 9.25. The standard InChI is InChI=1S/C18H27N5O3/c1-12-13(2)21-23(14(12)3)10-9-19-15(24)11-22-16(25)18(20-17(22)26)7-5-4-6-8-18/h4-11H2,1-3H3,(H,19,24)(H,20,26). The molecule has 1 saturated heterocycles. The Kier molecular flexibility index (Phi) is 5.02. The molecule has 0 atom stereocenters. The van der Waals surface area contributed by atoms with Crippen LogP contribution in [0.25, 0.3) is 0 Å². The van der Waals surface area contributed by atoms with E-state index in [0.717, 1.165) is 41.1 Å². The van der Waals surface area contributed by atoms with E-state index < -0.39 is 11.6 Å². The van der Waals surface area contributed by atoms with E-state index in [1.165, 1.54) is 0 Å². The Morgan fingerprint density at radius 2 is 1.88 bits per heavy atom. The molecule has 26 heavy (non-hydrogen) atoms. The fraction of sp³-hybridized carbons (Fsp3) is 0.667. The van der Waals surface area contributed by atoms with Crippen LogP contribution in [0.3, 0.4) is 0 Å². The number of aromatic nitrogens is 2. The maximum Gasteiger partial charge on any atom is 0.325 e. The molecule has 0 bridgehead atoms. The van der Waals surface area contributed by atoms with Crippen LogP contribution in [0.1, 0.15) is 49.1 Å². The van der Waals surface area contributed by atoms with Gasteiger partial charge < -0.3 is 10.6 Å². The minimum atomic E-state index is -0.781. The van der Waals surface area contributed by atoms with Gasteiger partial charge in [-0.25, -0.2) is 4.79 Å². The van der Waals surface area contributed by atoms with Crippen LogP contribution >= 0.6 is 0 Å². The molecule has 2 aliphatic rings. The summed E-state index contributed by atoms with van der Waals surface area (Å²) in [5.41, 5.74) is 2.42. The largest absolute Gasteiger partial charge is 0.353 e. The maximum absolute atomic E-state index is 12.7. The highest BCUT2D eigenvalue weighted by Crippen LogP contribution is 2.33. The summed E-state index contributed by atoms with van der Waals surface area (Å²) in [6, 6.07) is -0.457. The number of hydrogen-bond donors (Lipinski definition) is 2. The van der Waals surface area contributed by atoms with Gasteiger partial charge in [0.25, 0.3) is 5.91 Å². The summed E-state index contributed by atoms with van der Waals surface area (Å²) in [5, 5.41) is 10.0. The van der Waals surface area contributed by atoms with Crippen LogP contribution in [0.5, 0.6) is 0 Å². The Bertz CT molecular complexity index is 733. The molecule has 2 heterocycles. The smallest absolute Gasteiger partial charge is 0.325 e. The number of nitrogens with one attached hydrogen (secondary N) is 2. The van der Waals surface area contributed by atoms with Crippen LogP contribution in [0, 0.1) is 20.8 Å². The molecular weight excluding hydrogens is 334 g/mol. The Morgan fingerprint density at radius 3 is 2.50 bits per heavy atom. The van der Waals surface area contributed by atoms with Gasteiger partial charge in [-0.3, -0.25) is 19.2 Å². The third kappa shape index (κ3) is 3.32. The number of urea groups is 1. The Balaban J connectivity index is 1.52. The predicted octanol–water partition coefficient (Wildman–Crippen LogP) is 1.18. The fourth-order valence-electron chi connectivity index (χ4n) is 3.82. The molecule has 8 nitrogen and oxygen atoms in total. The second-order valence-corrected chi connectivity index (χ2v) is 7.33. The molecule has 4 amide bonds. The molecule has 3 rings (SSSR count). The number of aryl methyl sites for hydroxylation is 1. The lowest BCUT2D eigenvalue weighted by Gasteiger charge is -2.30. The van der Waals surface area contributed by atoms with E-state index in [-0.39, 0.29) is 18.4 Å². The summed E-state index contributed by atoms with van der Waals surface area (Å²) in [5.74, 6) is -0.592. The molecule has 0 radical (unpaired) electrons. The van der Waals surface area contributed by atoms with Crippen molar-refractivity contribution in [3.05, 3.63) is 17.0 Å². The average molecular weight is 361 g/mol. The van der Waals surface area contributed by atoms with Gasteiger partial charge in [-0.05, 0) is 39.2 Å². The minimum Gasteiger partial charge on any atom is -0.353 e. The normalized spacial score (nSPS) is 19.1. The monoisotopic (exact) mass is 361 g/mol. The number of imide groups is 1. The van der Waals surface area contributed by atoms with Crippen molar-refractivity contribution in [3.63, 3.8) is 0 Å². The first kappa shape index (κ1) is 18.4. The van der Waals surface area contributed by atoms with Gasteiger partial charge in [-0.1, -0.05) is 19.3 Å². The van der Waals surface area contributed by atoms with E-state index >= 15 is 0 Å². The van der Waals surface area contributed by atoms with Crippen molar-refractivity contribution in [2.75, 3.05) is 13.1 Å². The average Bonchev–Trinajstić information content (AvgIpc) is 2.98. The van der Waals surface area contributed by atoms with E-state index in [9.17, 15) is 14.4 Å². The topological polar surface area (TPSA) is 96.3 Å². The van der Waals surface area contributed by atoms with Gasteiger partial charge in [0, 0.05) is 12.2 Å². The van der Waals surface area contributed by atoms with Gasteiger partial charge in [-0.2, -0.15) is 5.10 Å². The lowest BCUT2D eigenvalue weighted by Crippen LogP contribution is -2.49. The van der Waals surface area contributed by atoms with E-state index in [4.69, 9.17) is 0 Å². The number of amides is 4. The number of carbonyl (C=O) groups excluding carboxylic acids is 3. The van der Waals surface area contributed by atoms with Crippen LogP contribution in [0.4, 0.5) is 4.79 Å². The van der Waals surface area contributed by atoms with E-state index in [1.54, 1.807) is 0 Å². The van der Waals surface area contributed by atoms with Gasteiger partial charge in [0.05, 0.1) is 12.2 Å². The minimum absolute atomic E-state index is 0.234. The molecular formula is C18H27N5O3. The SMILES string of the molecule is Cc1nn(CCNC(=O)CN2C(=O)NC3(CCCCC3)C2=O)c(C)c1C. The molecule has 1 aliphatic carbocycles. The number of carbonyl (C=O) groups is 3. The lowest BCUT2D eigenvalue weighted by molar-refractivity contribution is -0.135. The summed E-state index contributed by atoms with van der Waals surface area (Å²) in [6.45, 7) is 6.68. The van der Waals surface area contributed by atoms with Crippen molar-refractivity contribution in [2.45, 2.75) is 65.0 Å². The highest BCUT2D eigenvalue weighted by atomic mass is 16.2.